The summed E-state index contributed by atoms with van der Waals surface area (Å²) in [4.78, 5) is 27.9. The van der Waals surface area contributed by atoms with Crippen LogP contribution >= 0.6 is 23.5 Å². The summed E-state index contributed by atoms with van der Waals surface area (Å²) >= 11 is 3.06. The van der Waals surface area contributed by atoms with E-state index in [0.717, 1.165) is 29.4 Å². The number of ether oxygens (including phenoxy) is 2. The highest BCUT2D eigenvalue weighted by Gasteiger charge is 2.10. The Morgan fingerprint density at radius 3 is 2.41 bits per heavy atom. The molecular weight excluding hydrogens is 472 g/mol. The summed E-state index contributed by atoms with van der Waals surface area (Å²) < 4.78 is 10.6. The first-order valence-electron chi connectivity index (χ1n) is 11.2. The number of benzene rings is 1. The van der Waals surface area contributed by atoms with Crippen molar-refractivity contribution < 1.29 is 9.47 Å². The standard InChI is InChI=1S/C22H30N8O2S2/c1-4-23-18-25-17(26-22(29-18)34-16-10-7-6-8-11-16)12-9-13-24-19-27-20(32-15-14-31-3)30-21(28-19)33-5-2/h6-8,10-11H,4-5,9,12-15H2,1-3H3,(H,23,25,26,29)(H,24,27,28,30). The molecule has 3 rings (SSSR count). The van der Waals surface area contributed by atoms with Gasteiger partial charge in [0.05, 0.1) is 6.61 Å². The SMILES string of the molecule is CCNc1nc(CCCNc2nc(OCCOC)nc(SCC)n2)nc(Sc2ccccc2)n1. The zero-order chi connectivity index (χ0) is 24.0. The van der Waals surface area contributed by atoms with Crippen LogP contribution in [0.3, 0.4) is 0 Å². The minimum atomic E-state index is 0.292. The maximum Gasteiger partial charge on any atom is 0.322 e. The van der Waals surface area contributed by atoms with Crippen LogP contribution in [0.5, 0.6) is 6.01 Å². The van der Waals surface area contributed by atoms with Gasteiger partial charge in [0.15, 0.2) is 10.3 Å². The number of nitrogens with zero attached hydrogens (tertiary/aromatic N) is 6. The van der Waals surface area contributed by atoms with E-state index in [-0.39, 0.29) is 0 Å². The van der Waals surface area contributed by atoms with Crippen molar-refractivity contribution in [3.63, 3.8) is 0 Å². The van der Waals surface area contributed by atoms with Crippen LogP contribution in [-0.2, 0) is 11.2 Å². The lowest BCUT2D eigenvalue weighted by molar-refractivity contribution is 0.140. The minimum Gasteiger partial charge on any atom is -0.461 e. The fourth-order valence-electron chi connectivity index (χ4n) is 2.73. The molecule has 0 amide bonds. The molecule has 0 spiro atoms. The third kappa shape index (κ3) is 8.92. The molecule has 0 aliphatic heterocycles. The van der Waals surface area contributed by atoms with Gasteiger partial charge in [-0.1, -0.05) is 36.9 Å². The number of aryl methyl sites for hydroxylation is 1. The Hall–Kier alpha value is -2.70. The van der Waals surface area contributed by atoms with Crippen LogP contribution in [0.4, 0.5) is 11.9 Å². The van der Waals surface area contributed by atoms with Crippen molar-refractivity contribution in [2.24, 2.45) is 0 Å². The average molecular weight is 503 g/mol. The van der Waals surface area contributed by atoms with Gasteiger partial charge in [0, 0.05) is 31.5 Å². The Morgan fingerprint density at radius 2 is 1.65 bits per heavy atom. The zero-order valence-electron chi connectivity index (χ0n) is 19.7. The molecule has 0 unspecified atom stereocenters. The maximum atomic E-state index is 5.57. The Kier molecular flexibility index (Phi) is 11.1. The second kappa shape index (κ2) is 14.5. The van der Waals surface area contributed by atoms with E-state index < -0.39 is 0 Å². The highest BCUT2D eigenvalue weighted by molar-refractivity contribution is 7.99. The maximum absolute atomic E-state index is 5.57. The largest absolute Gasteiger partial charge is 0.461 e. The summed E-state index contributed by atoms with van der Waals surface area (Å²) in [5.41, 5.74) is 0. The predicted molar refractivity (Wildman–Crippen MR) is 135 cm³/mol. The van der Waals surface area contributed by atoms with Crippen molar-refractivity contribution in [3.8, 4) is 6.01 Å². The smallest absolute Gasteiger partial charge is 0.322 e. The van der Waals surface area contributed by atoms with E-state index in [1.807, 2.05) is 44.2 Å². The van der Waals surface area contributed by atoms with Gasteiger partial charge in [-0.25, -0.2) is 4.98 Å². The van der Waals surface area contributed by atoms with E-state index in [1.54, 1.807) is 7.11 Å². The molecule has 0 saturated carbocycles. The predicted octanol–water partition coefficient (Wildman–Crippen LogP) is 3.82. The monoisotopic (exact) mass is 502 g/mol. The topological polar surface area (TPSA) is 120 Å². The molecule has 0 aliphatic rings. The van der Waals surface area contributed by atoms with Crippen molar-refractivity contribution in [2.75, 3.05) is 49.8 Å². The number of thioether (sulfide) groups is 1. The van der Waals surface area contributed by atoms with Crippen molar-refractivity contribution in [2.45, 2.75) is 41.9 Å². The van der Waals surface area contributed by atoms with Crippen LogP contribution in [-0.4, -0.2) is 69.1 Å². The Morgan fingerprint density at radius 1 is 0.853 bits per heavy atom. The van der Waals surface area contributed by atoms with Gasteiger partial charge in [-0.2, -0.15) is 24.9 Å². The highest BCUT2D eigenvalue weighted by atomic mass is 32.2. The van der Waals surface area contributed by atoms with Crippen LogP contribution in [0, 0.1) is 0 Å². The minimum absolute atomic E-state index is 0.292. The molecule has 1 aromatic carbocycles. The van der Waals surface area contributed by atoms with Crippen molar-refractivity contribution in [3.05, 3.63) is 36.2 Å². The summed E-state index contributed by atoms with van der Waals surface area (Å²) in [5.74, 6) is 2.68. The van der Waals surface area contributed by atoms with Crippen LogP contribution in [0.15, 0.2) is 45.5 Å². The van der Waals surface area contributed by atoms with E-state index >= 15 is 0 Å². The number of methoxy groups -OCH3 is 1. The fourth-order valence-corrected chi connectivity index (χ4v) is 4.06. The van der Waals surface area contributed by atoms with Crippen molar-refractivity contribution in [1.29, 1.82) is 0 Å². The molecule has 182 valence electrons. The number of nitrogens with one attached hydrogen (secondary N) is 2. The molecule has 0 aliphatic carbocycles. The quantitative estimate of drug-likeness (QED) is 0.232. The molecule has 0 fully saturated rings. The number of aromatic nitrogens is 6. The van der Waals surface area contributed by atoms with Gasteiger partial charge in [0.1, 0.15) is 12.4 Å². The summed E-state index contributed by atoms with van der Waals surface area (Å²) in [6.07, 6.45) is 1.49. The number of anilines is 2. The second-order valence-corrected chi connectivity index (χ2v) is 9.10. The molecule has 3 aromatic rings. The van der Waals surface area contributed by atoms with E-state index in [0.29, 0.717) is 54.4 Å². The van der Waals surface area contributed by atoms with Gasteiger partial charge in [-0.15, -0.1) is 0 Å². The molecule has 0 atom stereocenters. The lowest BCUT2D eigenvalue weighted by Gasteiger charge is -2.10. The molecule has 34 heavy (non-hydrogen) atoms. The Bertz CT molecular complexity index is 1010. The average Bonchev–Trinajstić information content (AvgIpc) is 2.83. The molecule has 2 heterocycles. The van der Waals surface area contributed by atoms with Crippen molar-refractivity contribution >= 4 is 35.4 Å². The molecule has 0 saturated heterocycles. The summed E-state index contributed by atoms with van der Waals surface area (Å²) in [6.45, 7) is 6.31. The molecule has 2 N–H and O–H groups in total. The molecule has 2 aromatic heterocycles. The lowest BCUT2D eigenvalue weighted by atomic mass is 10.3. The number of rotatable bonds is 15. The molecule has 0 radical (unpaired) electrons. The number of hydrogen-bond donors (Lipinski definition) is 2. The first kappa shape index (κ1) is 25.9. The van der Waals surface area contributed by atoms with Crippen LogP contribution in [0.2, 0.25) is 0 Å². The van der Waals surface area contributed by atoms with Crippen LogP contribution in [0.1, 0.15) is 26.1 Å². The Labute approximate surface area is 208 Å². The third-order valence-electron chi connectivity index (χ3n) is 4.20. The van der Waals surface area contributed by atoms with Gasteiger partial charge < -0.3 is 20.1 Å². The van der Waals surface area contributed by atoms with Crippen LogP contribution in [0.25, 0.3) is 0 Å². The van der Waals surface area contributed by atoms with E-state index in [1.165, 1.54) is 23.5 Å². The third-order valence-corrected chi connectivity index (χ3v) is 5.80. The highest BCUT2D eigenvalue weighted by Crippen LogP contribution is 2.25. The summed E-state index contributed by atoms with van der Waals surface area (Å²) in [6, 6.07) is 10.4. The van der Waals surface area contributed by atoms with Gasteiger partial charge in [-0.05, 0) is 43.0 Å². The van der Waals surface area contributed by atoms with Crippen molar-refractivity contribution in [1.82, 2.24) is 29.9 Å². The normalized spacial score (nSPS) is 10.8. The van der Waals surface area contributed by atoms with Gasteiger partial charge >= 0.3 is 6.01 Å². The summed E-state index contributed by atoms with van der Waals surface area (Å²) in [5, 5.41) is 7.76. The van der Waals surface area contributed by atoms with Gasteiger partial charge in [0.25, 0.3) is 0 Å². The molecule has 0 bridgehead atoms. The Balaban J connectivity index is 1.60. The lowest BCUT2D eigenvalue weighted by Crippen LogP contribution is -2.12. The molecule has 12 heteroatoms. The van der Waals surface area contributed by atoms with E-state index in [9.17, 15) is 0 Å². The second-order valence-electron chi connectivity index (χ2n) is 6.83. The fraction of sp³-hybridized carbons (Fsp3) is 0.455. The van der Waals surface area contributed by atoms with Gasteiger partial charge in [-0.3, -0.25) is 0 Å². The van der Waals surface area contributed by atoms with E-state index in [2.05, 4.69) is 40.5 Å². The zero-order valence-corrected chi connectivity index (χ0v) is 21.3. The number of hydrogen-bond acceptors (Lipinski definition) is 12. The molecule has 10 nitrogen and oxygen atoms in total. The first-order valence-corrected chi connectivity index (χ1v) is 13.0. The first-order chi connectivity index (χ1) is 16.7. The van der Waals surface area contributed by atoms with Gasteiger partial charge in [0.2, 0.25) is 11.9 Å². The molecular formula is C22H30N8O2S2. The van der Waals surface area contributed by atoms with Crippen LogP contribution < -0.4 is 15.4 Å². The summed E-state index contributed by atoms with van der Waals surface area (Å²) in [7, 11) is 1.62. The van der Waals surface area contributed by atoms with E-state index in [4.69, 9.17) is 9.47 Å².